The minimum Gasteiger partial charge on any atom is -0.339 e. The van der Waals surface area contributed by atoms with Crippen molar-refractivity contribution < 1.29 is 4.79 Å². The first-order chi connectivity index (χ1) is 8.31. The lowest BCUT2D eigenvalue weighted by Crippen LogP contribution is -2.23. The SMILES string of the molecule is N#CCNC(=O)c1ccc(-n2cccc2)cc1. The van der Waals surface area contributed by atoms with Gasteiger partial charge in [0.05, 0.1) is 6.07 Å². The van der Waals surface area contributed by atoms with Crippen LogP contribution in [0.4, 0.5) is 0 Å². The second-order valence-electron chi connectivity index (χ2n) is 3.48. The number of hydrogen-bond donors (Lipinski definition) is 1. The van der Waals surface area contributed by atoms with Crippen LogP contribution in [0.1, 0.15) is 10.4 Å². The summed E-state index contributed by atoms with van der Waals surface area (Å²) in [4.78, 5) is 11.5. The van der Waals surface area contributed by atoms with Crippen LogP contribution in [0, 0.1) is 11.3 Å². The second-order valence-corrected chi connectivity index (χ2v) is 3.48. The number of carbonyl (C=O) groups is 1. The Morgan fingerprint density at radius 3 is 2.47 bits per heavy atom. The van der Waals surface area contributed by atoms with Gasteiger partial charge in [0, 0.05) is 23.6 Å². The molecule has 0 spiro atoms. The van der Waals surface area contributed by atoms with E-state index in [-0.39, 0.29) is 12.5 Å². The molecule has 0 saturated heterocycles. The van der Waals surface area contributed by atoms with Crippen LogP contribution in [0.15, 0.2) is 48.8 Å². The fourth-order valence-electron chi connectivity index (χ4n) is 1.51. The monoisotopic (exact) mass is 225 g/mol. The molecule has 0 aliphatic heterocycles. The first-order valence-corrected chi connectivity index (χ1v) is 5.20. The van der Waals surface area contributed by atoms with Crippen LogP contribution >= 0.6 is 0 Å². The predicted octanol–water partition coefficient (Wildman–Crippen LogP) is 1.73. The summed E-state index contributed by atoms with van der Waals surface area (Å²) in [7, 11) is 0. The molecule has 1 amide bonds. The zero-order chi connectivity index (χ0) is 12.1. The molecular formula is C13H11N3O. The Morgan fingerprint density at radius 2 is 1.88 bits per heavy atom. The Kier molecular flexibility index (Phi) is 3.22. The first kappa shape index (κ1) is 11.0. The molecule has 4 nitrogen and oxygen atoms in total. The van der Waals surface area contributed by atoms with Crippen LogP contribution in [-0.4, -0.2) is 17.0 Å². The van der Waals surface area contributed by atoms with Gasteiger partial charge in [-0.15, -0.1) is 0 Å². The van der Waals surface area contributed by atoms with Crippen molar-refractivity contribution in [2.75, 3.05) is 6.54 Å². The predicted molar refractivity (Wildman–Crippen MR) is 63.7 cm³/mol. The largest absolute Gasteiger partial charge is 0.339 e. The van der Waals surface area contributed by atoms with E-state index in [1.54, 1.807) is 12.1 Å². The van der Waals surface area contributed by atoms with Crippen molar-refractivity contribution in [3.05, 3.63) is 54.4 Å². The summed E-state index contributed by atoms with van der Waals surface area (Å²) in [5.74, 6) is -0.231. The average molecular weight is 225 g/mol. The van der Waals surface area contributed by atoms with Crippen LogP contribution in [0.2, 0.25) is 0 Å². The molecule has 0 unspecified atom stereocenters. The van der Waals surface area contributed by atoms with Gasteiger partial charge in [0.25, 0.3) is 5.91 Å². The van der Waals surface area contributed by atoms with Crippen molar-refractivity contribution in [3.8, 4) is 11.8 Å². The van der Waals surface area contributed by atoms with Crippen molar-refractivity contribution >= 4 is 5.91 Å². The quantitative estimate of drug-likeness (QED) is 0.809. The lowest BCUT2D eigenvalue weighted by Gasteiger charge is -2.04. The van der Waals surface area contributed by atoms with Gasteiger partial charge in [-0.25, -0.2) is 0 Å². The van der Waals surface area contributed by atoms with E-state index >= 15 is 0 Å². The molecule has 0 fully saturated rings. The number of benzene rings is 1. The summed E-state index contributed by atoms with van der Waals surface area (Å²) >= 11 is 0. The van der Waals surface area contributed by atoms with Crippen LogP contribution in [-0.2, 0) is 0 Å². The van der Waals surface area contributed by atoms with E-state index in [9.17, 15) is 4.79 Å². The highest BCUT2D eigenvalue weighted by Crippen LogP contribution is 2.09. The zero-order valence-corrected chi connectivity index (χ0v) is 9.13. The summed E-state index contributed by atoms with van der Waals surface area (Å²) in [6, 6.07) is 12.9. The molecule has 0 bridgehead atoms. The van der Waals surface area contributed by atoms with Gasteiger partial charge < -0.3 is 9.88 Å². The molecule has 0 saturated carbocycles. The molecule has 0 radical (unpaired) electrons. The molecule has 4 heteroatoms. The van der Waals surface area contributed by atoms with E-state index in [2.05, 4.69) is 5.32 Å². The summed E-state index contributed by atoms with van der Waals surface area (Å²) in [5.41, 5.74) is 1.54. The standard InChI is InChI=1S/C13H11N3O/c14-7-8-15-13(17)11-3-5-12(6-4-11)16-9-1-2-10-16/h1-6,9-10H,8H2,(H,15,17). The van der Waals surface area contributed by atoms with Gasteiger partial charge in [0.2, 0.25) is 0 Å². The number of nitrogens with zero attached hydrogens (tertiary/aromatic N) is 2. The minimum absolute atomic E-state index is 0.0260. The molecule has 17 heavy (non-hydrogen) atoms. The molecule has 1 aromatic carbocycles. The maximum absolute atomic E-state index is 11.5. The van der Waals surface area contributed by atoms with Gasteiger partial charge in [-0.3, -0.25) is 4.79 Å². The first-order valence-electron chi connectivity index (χ1n) is 5.20. The van der Waals surface area contributed by atoms with Crippen LogP contribution < -0.4 is 5.32 Å². The highest BCUT2D eigenvalue weighted by Gasteiger charge is 2.04. The molecule has 2 rings (SSSR count). The fourth-order valence-corrected chi connectivity index (χ4v) is 1.51. The van der Waals surface area contributed by atoms with Gasteiger partial charge >= 0.3 is 0 Å². The second kappa shape index (κ2) is 4.99. The lowest BCUT2D eigenvalue weighted by atomic mass is 10.2. The molecule has 0 aliphatic carbocycles. The number of hydrogen-bond acceptors (Lipinski definition) is 2. The third-order valence-electron chi connectivity index (χ3n) is 2.36. The van der Waals surface area contributed by atoms with Crippen molar-refractivity contribution in [1.29, 1.82) is 5.26 Å². The number of aromatic nitrogens is 1. The smallest absolute Gasteiger partial charge is 0.252 e. The third kappa shape index (κ3) is 2.52. The van der Waals surface area contributed by atoms with Gasteiger partial charge in [-0.05, 0) is 36.4 Å². The van der Waals surface area contributed by atoms with Crippen molar-refractivity contribution in [1.82, 2.24) is 9.88 Å². The summed E-state index contributed by atoms with van der Waals surface area (Å²) in [6.45, 7) is 0.0260. The Morgan fingerprint density at radius 1 is 1.24 bits per heavy atom. The summed E-state index contributed by atoms with van der Waals surface area (Å²) in [5, 5.41) is 10.9. The molecule has 2 aromatic rings. The molecule has 1 N–H and O–H groups in total. The van der Waals surface area contributed by atoms with Gasteiger partial charge in [-0.1, -0.05) is 0 Å². The summed E-state index contributed by atoms with van der Waals surface area (Å²) < 4.78 is 1.96. The zero-order valence-electron chi connectivity index (χ0n) is 9.13. The number of nitriles is 1. The van der Waals surface area contributed by atoms with Crippen LogP contribution in [0.5, 0.6) is 0 Å². The fraction of sp³-hybridized carbons (Fsp3) is 0.0769. The highest BCUT2D eigenvalue weighted by molar-refractivity contribution is 5.94. The normalized spacial score (nSPS) is 9.59. The Hall–Kier alpha value is -2.54. The van der Waals surface area contributed by atoms with E-state index < -0.39 is 0 Å². The summed E-state index contributed by atoms with van der Waals surface area (Å²) in [6.07, 6.45) is 3.87. The van der Waals surface area contributed by atoms with Crippen LogP contribution in [0.25, 0.3) is 5.69 Å². The van der Waals surface area contributed by atoms with Crippen molar-refractivity contribution in [2.24, 2.45) is 0 Å². The van der Waals surface area contributed by atoms with E-state index in [4.69, 9.17) is 5.26 Å². The van der Waals surface area contributed by atoms with Crippen molar-refractivity contribution in [2.45, 2.75) is 0 Å². The van der Waals surface area contributed by atoms with Gasteiger partial charge in [-0.2, -0.15) is 5.26 Å². The molecular weight excluding hydrogens is 214 g/mol. The van der Waals surface area contributed by atoms with E-state index in [0.717, 1.165) is 5.69 Å². The van der Waals surface area contributed by atoms with E-state index in [1.165, 1.54) is 0 Å². The Labute approximate surface area is 99.1 Å². The lowest BCUT2D eigenvalue weighted by molar-refractivity contribution is 0.0958. The average Bonchev–Trinajstić information content (AvgIpc) is 2.90. The molecule has 1 aromatic heterocycles. The number of carbonyl (C=O) groups excluding carboxylic acids is 1. The van der Waals surface area contributed by atoms with E-state index in [0.29, 0.717) is 5.56 Å². The maximum Gasteiger partial charge on any atom is 0.252 e. The highest BCUT2D eigenvalue weighted by atomic mass is 16.1. The third-order valence-corrected chi connectivity index (χ3v) is 2.36. The Bertz CT molecular complexity index is 535. The molecule has 0 atom stereocenters. The van der Waals surface area contributed by atoms with Crippen LogP contribution in [0.3, 0.4) is 0 Å². The van der Waals surface area contributed by atoms with Gasteiger partial charge in [0.1, 0.15) is 6.54 Å². The van der Waals surface area contributed by atoms with E-state index in [1.807, 2.05) is 47.3 Å². The molecule has 0 aliphatic rings. The Balaban J connectivity index is 2.14. The van der Waals surface area contributed by atoms with Crippen molar-refractivity contribution in [3.63, 3.8) is 0 Å². The number of rotatable bonds is 3. The molecule has 1 heterocycles. The maximum atomic E-state index is 11.5. The number of nitrogens with one attached hydrogen (secondary N) is 1. The van der Waals surface area contributed by atoms with Gasteiger partial charge in [0.15, 0.2) is 0 Å². The number of amides is 1. The minimum atomic E-state index is -0.231. The topological polar surface area (TPSA) is 57.8 Å². The molecule has 84 valence electrons.